The number of hydrogen-bond acceptors (Lipinski definition) is 9. The average molecular weight is 579 g/mol. The molecule has 2 heterocycles. The summed E-state index contributed by atoms with van der Waals surface area (Å²) in [6, 6.07) is 1.85. The van der Waals surface area contributed by atoms with E-state index in [9.17, 15) is 14.4 Å². The Morgan fingerprint density at radius 1 is 1.15 bits per heavy atom. The van der Waals surface area contributed by atoms with E-state index in [1.165, 1.54) is 20.8 Å². The molecule has 1 aliphatic heterocycles. The second-order valence-electron chi connectivity index (χ2n) is 8.09. The average Bonchev–Trinajstić information content (AvgIpc) is 3.42. The summed E-state index contributed by atoms with van der Waals surface area (Å²) in [6.07, 6.45) is -2.05. The Morgan fingerprint density at radius 3 is 2.38 bits per heavy atom. The van der Waals surface area contributed by atoms with Gasteiger partial charge in [-0.15, -0.1) is 0 Å². The number of nitrogens with zero attached hydrogens (tertiary/aromatic N) is 2. The fourth-order valence-corrected chi connectivity index (χ4v) is 4.77. The van der Waals surface area contributed by atoms with Crippen molar-refractivity contribution in [1.82, 2.24) is 9.55 Å². The molecule has 0 radical (unpaired) electrons. The van der Waals surface area contributed by atoms with Crippen molar-refractivity contribution in [2.45, 2.75) is 64.2 Å². The first-order chi connectivity index (χ1) is 16.1. The molecule has 0 spiro atoms. The minimum Gasteiger partial charge on any atom is -0.463 e. The van der Waals surface area contributed by atoms with Crippen LogP contribution in [0.3, 0.4) is 0 Å². The van der Waals surface area contributed by atoms with Gasteiger partial charge in [-0.25, -0.2) is 4.98 Å². The molecule has 13 heteroatoms. The Hall–Kier alpha value is -2.08. The summed E-state index contributed by atoms with van der Waals surface area (Å²) in [4.78, 5) is 40.0. The molecule has 1 saturated heterocycles. The number of aromatic nitrogens is 2. The predicted molar refractivity (Wildman–Crippen MR) is 126 cm³/mol. The van der Waals surface area contributed by atoms with Crippen molar-refractivity contribution >= 4 is 74.0 Å². The van der Waals surface area contributed by atoms with E-state index in [0.29, 0.717) is 26.5 Å². The largest absolute Gasteiger partial charge is 0.463 e. The summed E-state index contributed by atoms with van der Waals surface area (Å²) in [7, 11) is 0. The van der Waals surface area contributed by atoms with E-state index in [4.69, 9.17) is 42.1 Å². The third-order valence-electron chi connectivity index (χ3n) is 5.33. The van der Waals surface area contributed by atoms with E-state index in [0.717, 1.165) is 12.8 Å². The zero-order valence-corrected chi connectivity index (χ0v) is 21.6. The van der Waals surface area contributed by atoms with E-state index in [2.05, 4.69) is 26.2 Å². The molecule has 10 nitrogen and oxygen atoms in total. The molecule has 4 rings (SSSR count). The summed E-state index contributed by atoms with van der Waals surface area (Å²) in [6.45, 7) is 3.51. The summed E-state index contributed by atoms with van der Waals surface area (Å²) in [5.74, 6) is -1.31. The maximum Gasteiger partial charge on any atom is 0.303 e. The molecule has 4 atom stereocenters. The monoisotopic (exact) mass is 577 g/mol. The van der Waals surface area contributed by atoms with Gasteiger partial charge in [-0.05, 0) is 34.8 Å². The molecule has 2 fully saturated rings. The van der Waals surface area contributed by atoms with Gasteiger partial charge in [-0.3, -0.25) is 19.0 Å². The maximum absolute atomic E-state index is 12.0. The lowest BCUT2D eigenvalue weighted by Gasteiger charge is -2.25. The van der Waals surface area contributed by atoms with E-state index in [1.807, 2.05) is 0 Å². The third kappa shape index (κ3) is 5.12. The lowest BCUT2D eigenvalue weighted by Crippen LogP contribution is -2.40. The van der Waals surface area contributed by atoms with Crippen LogP contribution in [0.5, 0.6) is 0 Å². The van der Waals surface area contributed by atoms with Gasteiger partial charge in [0.15, 0.2) is 18.4 Å². The smallest absolute Gasteiger partial charge is 0.303 e. The minimum absolute atomic E-state index is 0.212. The number of rotatable bonds is 7. The van der Waals surface area contributed by atoms with E-state index < -0.39 is 42.4 Å². The quantitative estimate of drug-likeness (QED) is 0.295. The zero-order chi connectivity index (χ0) is 24.7. The number of anilines is 1. The molecule has 1 aromatic heterocycles. The molecule has 1 aliphatic carbocycles. The highest BCUT2D eigenvalue weighted by Gasteiger charge is 2.51. The first kappa shape index (κ1) is 25.0. The number of carbonyl (C=O) groups is 3. The fourth-order valence-electron chi connectivity index (χ4n) is 3.81. The topological polar surface area (TPSA) is 118 Å². The highest BCUT2D eigenvalue weighted by molar-refractivity contribution is 9.10. The second-order valence-corrected chi connectivity index (χ2v) is 9.67. The Morgan fingerprint density at radius 2 is 1.79 bits per heavy atom. The Labute approximate surface area is 213 Å². The Balaban J connectivity index is 1.85. The zero-order valence-electron chi connectivity index (χ0n) is 18.5. The van der Waals surface area contributed by atoms with Gasteiger partial charge in [-0.1, -0.05) is 23.2 Å². The first-order valence-corrected chi connectivity index (χ1v) is 12.1. The molecule has 2 aromatic rings. The SMILES string of the molecule is CC(=O)OC[C@H]1O[C@@H](n2c(NC3CC3)nc3c(Br)c(Cl)c(Cl)cc32)[C@H](OC(C)=O)[C@@H]1OC(C)=O. The lowest BCUT2D eigenvalue weighted by molar-refractivity contribution is -0.166. The molecule has 0 bridgehead atoms. The second kappa shape index (κ2) is 9.88. The normalized spacial score (nSPS) is 24.2. The number of hydrogen-bond donors (Lipinski definition) is 1. The number of carbonyl (C=O) groups excluding carboxylic acids is 3. The van der Waals surface area contributed by atoms with Crippen molar-refractivity contribution in [2.75, 3.05) is 11.9 Å². The van der Waals surface area contributed by atoms with Gasteiger partial charge in [0.25, 0.3) is 0 Å². The predicted octanol–water partition coefficient (Wildman–Crippen LogP) is 4.00. The van der Waals surface area contributed by atoms with E-state index in [-0.39, 0.29) is 17.7 Å². The number of nitrogens with one attached hydrogen (secondary N) is 1. The van der Waals surface area contributed by atoms with Crippen LogP contribution < -0.4 is 5.32 Å². The summed E-state index contributed by atoms with van der Waals surface area (Å²) < 4.78 is 24.6. The van der Waals surface area contributed by atoms with Gasteiger partial charge in [0.05, 0.1) is 20.0 Å². The molecular formula is C21H22BrCl2N3O7. The highest BCUT2D eigenvalue weighted by atomic mass is 79.9. The number of ether oxygens (including phenoxy) is 4. The third-order valence-corrected chi connectivity index (χ3v) is 7.12. The minimum atomic E-state index is -1.06. The molecule has 1 saturated carbocycles. The lowest BCUT2D eigenvalue weighted by atomic mass is 10.1. The van der Waals surface area contributed by atoms with Crippen molar-refractivity contribution in [2.24, 2.45) is 0 Å². The number of halogens is 3. The molecule has 184 valence electrons. The van der Waals surface area contributed by atoms with Crippen LogP contribution in [-0.2, 0) is 33.3 Å². The highest BCUT2D eigenvalue weighted by Crippen LogP contribution is 2.43. The molecule has 1 aromatic carbocycles. The first-order valence-electron chi connectivity index (χ1n) is 10.5. The van der Waals surface area contributed by atoms with Crippen LogP contribution in [-0.4, -0.2) is 58.4 Å². The van der Waals surface area contributed by atoms with E-state index in [1.54, 1.807) is 10.6 Å². The summed E-state index contributed by atoms with van der Waals surface area (Å²) in [5.41, 5.74) is 1.05. The summed E-state index contributed by atoms with van der Waals surface area (Å²) >= 11 is 16.1. The number of esters is 3. The van der Waals surface area contributed by atoms with Crippen molar-refractivity contribution in [3.63, 3.8) is 0 Å². The summed E-state index contributed by atoms with van der Waals surface area (Å²) in [5, 5.41) is 3.91. The van der Waals surface area contributed by atoms with Crippen molar-refractivity contribution in [1.29, 1.82) is 0 Å². The van der Waals surface area contributed by atoms with Crippen molar-refractivity contribution < 1.29 is 33.3 Å². The van der Waals surface area contributed by atoms with E-state index >= 15 is 0 Å². The number of imidazole rings is 1. The molecule has 1 N–H and O–H groups in total. The van der Waals surface area contributed by atoms with Gasteiger partial charge >= 0.3 is 17.9 Å². The van der Waals surface area contributed by atoms with Crippen LogP contribution in [0.2, 0.25) is 10.0 Å². The molecule has 0 amide bonds. The van der Waals surface area contributed by atoms with Gasteiger partial charge in [-0.2, -0.15) is 0 Å². The maximum atomic E-state index is 12.0. The van der Waals surface area contributed by atoms with Crippen LogP contribution in [0.15, 0.2) is 10.5 Å². The van der Waals surface area contributed by atoms with Crippen LogP contribution in [0.25, 0.3) is 11.0 Å². The van der Waals surface area contributed by atoms with Gasteiger partial charge in [0.1, 0.15) is 18.2 Å². The van der Waals surface area contributed by atoms with Crippen molar-refractivity contribution in [3.05, 3.63) is 20.6 Å². The molecular weight excluding hydrogens is 557 g/mol. The molecule has 0 unspecified atom stereocenters. The number of fused-ring (bicyclic) bond motifs is 1. The molecule has 2 aliphatic rings. The Bertz CT molecular complexity index is 1150. The standard InChI is InChI=1S/C21H22BrCl2N3O7/c1-8(28)31-7-14-18(32-9(2)29)19(33-10(3)30)20(34-14)27-13-6-12(23)16(24)15(22)17(13)26-21(27)25-11-4-5-11/h6,11,14,18-20H,4-5,7H2,1-3H3,(H,25,26)/t14-,18-,19-,20-/m1/s1. The number of benzene rings is 1. The van der Waals surface area contributed by atoms with Gasteiger partial charge in [0.2, 0.25) is 5.95 Å². The fraction of sp³-hybridized carbons (Fsp3) is 0.524. The Kier molecular flexibility index (Phi) is 7.28. The van der Waals surface area contributed by atoms with Gasteiger partial charge in [0, 0.05) is 26.8 Å². The van der Waals surface area contributed by atoms with Crippen LogP contribution in [0.4, 0.5) is 5.95 Å². The van der Waals surface area contributed by atoms with Crippen LogP contribution in [0, 0.1) is 0 Å². The van der Waals surface area contributed by atoms with Crippen molar-refractivity contribution in [3.8, 4) is 0 Å². The van der Waals surface area contributed by atoms with Crippen LogP contribution in [0.1, 0.15) is 39.8 Å². The van der Waals surface area contributed by atoms with Crippen LogP contribution >= 0.6 is 39.1 Å². The molecule has 34 heavy (non-hydrogen) atoms. The van der Waals surface area contributed by atoms with Gasteiger partial charge < -0.3 is 24.3 Å².